The fourth-order valence-corrected chi connectivity index (χ4v) is 2.05. The quantitative estimate of drug-likeness (QED) is 0.476. The number of halogens is 1. The molecule has 1 aromatic rings. The summed E-state index contributed by atoms with van der Waals surface area (Å²) < 4.78 is 1.08. The number of hydrogen-bond acceptors (Lipinski definition) is 2. The number of hydrogen-bond donors (Lipinski definition) is 0. The highest BCUT2D eigenvalue weighted by Gasteiger charge is 2.11. The minimum atomic E-state index is -0.359. The molecule has 0 fully saturated rings. The van der Waals surface area contributed by atoms with Crippen molar-refractivity contribution in [3.8, 4) is 0 Å². The van der Waals surface area contributed by atoms with Crippen molar-refractivity contribution >= 4 is 28.3 Å². The SMILES string of the molecule is CC(C)c1cc([N+](=O)[O-])ccc1I. The molecule has 0 bridgehead atoms. The Kier molecular flexibility index (Phi) is 3.24. The van der Waals surface area contributed by atoms with Crippen LogP contribution in [0.25, 0.3) is 0 Å². The molecule has 13 heavy (non-hydrogen) atoms. The van der Waals surface area contributed by atoms with E-state index in [4.69, 9.17) is 0 Å². The van der Waals surface area contributed by atoms with Gasteiger partial charge in [-0.2, -0.15) is 0 Å². The lowest BCUT2D eigenvalue weighted by Gasteiger charge is -2.07. The zero-order chi connectivity index (χ0) is 10.0. The third-order valence-corrected chi connectivity index (χ3v) is 2.79. The fourth-order valence-electron chi connectivity index (χ4n) is 1.09. The Morgan fingerprint density at radius 3 is 2.54 bits per heavy atom. The molecule has 0 saturated carbocycles. The zero-order valence-corrected chi connectivity index (χ0v) is 9.61. The van der Waals surface area contributed by atoms with E-state index in [2.05, 4.69) is 22.6 Å². The molecule has 0 aromatic heterocycles. The summed E-state index contributed by atoms with van der Waals surface area (Å²) in [7, 11) is 0. The van der Waals surface area contributed by atoms with E-state index in [9.17, 15) is 10.1 Å². The van der Waals surface area contributed by atoms with Gasteiger partial charge in [0.15, 0.2) is 0 Å². The van der Waals surface area contributed by atoms with Crippen molar-refractivity contribution in [3.05, 3.63) is 37.4 Å². The standard InChI is InChI=1S/C9H10INO2/c1-6(2)8-5-7(11(12)13)3-4-9(8)10/h3-6H,1-2H3. The Labute approximate surface area is 90.4 Å². The van der Waals surface area contributed by atoms with Gasteiger partial charge >= 0.3 is 0 Å². The second kappa shape index (κ2) is 4.04. The predicted octanol–water partition coefficient (Wildman–Crippen LogP) is 3.32. The molecule has 0 radical (unpaired) electrons. The molecule has 1 aromatic carbocycles. The summed E-state index contributed by atoms with van der Waals surface area (Å²) in [5, 5.41) is 10.5. The summed E-state index contributed by atoms with van der Waals surface area (Å²) in [6.07, 6.45) is 0. The first-order chi connectivity index (χ1) is 6.02. The summed E-state index contributed by atoms with van der Waals surface area (Å²) >= 11 is 2.19. The topological polar surface area (TPSA) is 43.1 Å². The minimum absolute atomic E-state index is 0.170. The lowest BCUT2D eigenvalue weighted by molar-refractivity contribution is -0.384. The van der Waals surface area contributed by atoms with E-state index in [0.717, 1.165) is 9.13 Å². The van der Waals surface area contributed by atoms with Gasteiger partial charge in [-0.3, -0.25) is 10.1 Å². The van der Waals surface area contributed by atoms with Gasteiger partial charge in [0, 0.05) is 15.7 Å². The normalized spacial score (nSPS) is 10.5. The van der Waals surface area contributed by atoms with Gasteiger partial charge in [-0.1, -0.05) is 13.8 Å². The number of benzene rings is 1. The molecule has 0 aliphatic carbocycles. The van der Waals surface area contributed by atoms with E-state index >= 15 is 0 Å². The zero-order valence-electron chi connectivity index (χ0n) is 7.45. The number of non-ortho nitro benzene ring substituents is 1. The highest BCUT2D eigenvalue weighted by atomic mass is 127. The maximum absolute atomic E-state index is 10.5. The molecule has 3 nitrogen and oxygen atoms in total. The Morgan fingerprint density at radius 2 is 2.08 bits per heavy atom. The van der Waals surface area contributed by atoms with Crippen molar-refractivity contribution in [1.29, 1.82) is 0 Å². The molecule has 0 spiro atoms. The maximum atomic E-state index is 10.5. The smallest absolute Gasteiger partial charge is 0.258 e. The first kappa shape index (κ1) is 10.4. The largest absolute Gasteiger partial charge is 0.269 e. The van der Waals surface area contributed by atoms with Crippen LogP contribution in [0.3, 0.4) is 0 Å². The summed E-state index contributed by atoms with van der Waals surface area (Å²) in [5.41, 5.74) is 1.21. The Morgan fingerprint density at radius 1 is 1.46 bits per heavy atom. The second-order valence-electron chi connectivity index (χ2n) is 3.12. The van der Waals surface area contributed by atoms with Crippen molar-refractivity contribution in [1.82, 2.24) is 0 Å². The van der Waals surface area contributed by atoms with Crippen molar-refractivity contribution in [2.75, 3.05) is 0 Å². The van der Waals surface area contributed by atoms with Gasteiger partial charge in [-0.05, 0) is 40.1 Å². The van der Waals surface area contributed by atoms with Gasteiger partial charge in [0.2, 0.25) is 0 Å². The summed E-state index contributed by atoms with van der Waals surface area (Å²) in [4.78, 5) is 10.1. The van der Waals surface area contributed by atoms with Crippen LogP contribution in [0, 0.1) is 13.7 Å². The molecule has 0 aliphatic heterocycles. The minimum Gasteiger partial charge on any atom is -0.258 e. The predicted molar refractivity (Wildman–Crippen MR) is 59.9 cm³/mol. The third kappa shape index (κ3) is 2.40. The molecular formula is C9H10INO2. The number of nitrogens with zero attached hydrogens (tertiary/aromatic N) is 1. The molecule has 0 amide bonds. The average molecular weight is 291 g/mol. The first-order valence-corrected chi connectivity index (χ1v) is 5.04. The van der Waals surface area contributed by atoms with Crippen LogP contribution in [0.15, 0.2) is 18.2 Å². The van der Waals surface area contributed by atoms with Crippen LogP contribution >= 0.6 is 22.6 Å². The summed E-state index contributed by atoms with van der Waals surface area (Å²) in [6.45, 7) is 4.06. The van der Waals surface area contributed by atoms with Crippen LogP contribution in [-0.4, -0.2) is 4.92 Å². The van der Waals surface area contributed by atoms with Gasteiger partial charge in [0.05, 0.1) is 4.92 Å². The lowest BCUT2D eigenvalue weighted by Crippen LogP contribution is -1.95. The van der Waals surface area contributed by atoms with Crippen molar-refractivity contribution < 1.29 is 4.92 Å². The van der Waals surface area contributed by atoms with E-state index < -0.39 is 0 Å². The maximum Gasteiger partial charge on any atom is 0.269 e. The van der Waals surface area contributed by atoms with Crippen LogP contribution in [0.1, 0.15) is 25.3 Å². The van der Waals surface area contributed by atoms with Gasteiger partial charge < -0.3 is 0 Å². The molecule has 0 saturated heterocycles. The van der Waals surface area contributed by atoms with E-state index in [1.165, 1.54) is 6.07 Å². The lowest BCUT2D eigenvalue weighted by atomic mass is 10.0. The second-order valence-corrected chi connectivity index (χ2v) is 4.28. The molecule has 70 valence electrons. The molecule has 4 heteroatoms. The van der Waals surface area contributed by atoms with Gasteiger partial charge in [0.25, 0.3) is 5.69 Å². The Hall–Kier alpha value is -0.650. The molecule has 1 rings (SSSR count). The van der Waals surface area contributed by atoms with Crippen molar-refractivity contribution in [2.45, 2.75) is 19.8 Å². The van der Waals surface area contributed by atoms with E-state index in [1.807, 2.05) is 13.8 Å². The highest BCUT2D eigenvalue weighted by molar-refractivity contribution is 14.1. The average Bonchev–Trinajstić information content (AvgIpc) is 2.04. The van der Waals surface area contributed by atoms with Crippen LogP contribution in [0.5, 0.6) is 0 Å². The highest BCUT2D eigenvalue weighted by Crippen LogP contribution is 2.25. The molecule has 0 unspecified atom stereocenters. The molecule has 0 N–H and O–H groups in total. The number of rotatable bonds is 2. The number of nitro benzene ring substituents is 1. The van der Waals surface area contributed by atoms with Crippen molar-refractivity contribution in [3.63, 3.8) is 0 Å². The van der Waals surface area contributed by atoms with Crippen LogP contribution in [-0.2, 0) is 0 Å². The molecule has 0 atom stereocenters. The summed E-state index contributed by atoms with van der Waals surface area (Å²) in [6, 6.07) is 4.97. The first-order valence-electron chi connectivity index (χ1n) is 3.96. The number of nitro groups is 1. The third-order valence-electron chi connectivity index (χ3n) is 1.81. The Balaban J connectivity index is 3.19. The molecule has 0 heterocycles. The molecular weight excluding hydrogens is 281 g/mol. The van der Waals surface area contributed by atoms with Crippen LogP contribution in [0.2, 0.25) is 0 Å². The monoisotopic (exact) mass is 291 g/mol. The van der Waals surface area contributed by atoms with Crippen LogP contribution < -0.4 is 0 Å². The van der Waals surface area contributed by atoms with Gasteiger partial charge in [-0.15, -0.1) is 0 Å². The van der Waals surface area contributed by atoms with Gasteiger partial charge in [0.1, 0.15) is 0 Å². The Bertz CT molecular complexity index is 336. The molecule has 0 aliphatic rings. The summed E-state index contributed by atoms with van der Waals surface area (Å²) in [5.74, 6) is 0.326. The van der Waals surface area contributed by atoms with Crippen LogP contribution in [0.4, 0.5) is 5.69 Å². The van der Waals surface area contributed by atoms with E-state index in [-0.39, 0.29) is 10.6 Å². The van der Waals surface area contributed by atoms with Crippen molar-refractivity contribution in [2.24, 2.45) is 0 Å². The fraction of sp³-hybridized carbons (Fsp3) is 0.333. The van der Waals surface area contributed by atoms with E-state index in [0.29, 0.717) is 5.92 Å². The van der Waals surface area contributed by atoms with E-state index in [1.54, 1.807) is 12.1 Å². The van der Waals surface area contributed by atoms with Gasteiger partial charge in [-0.25, -0.2) is 0 Å².